The van der Waals surface area contributed by atoms with Crippen molar-refractivity contribution in [2.45, 2.75) is 31.5 Å². The Morgan fingerprint density at radius 3 is 2.73 bits per heavy atom. The van der Waals surface area contributed by atoms with Crippen LogP contribution in [0.3, 0.4) is 0 Å². The Morgan fingerprint density at radius 2 is 1.97 bits per heavy atom. The topological polar surface area (TPSA) is 81.8 Å². The van der Waals surface area contributed by atoms with E-state index in [-0.39, 0.29) is 23.9 Å². The Morgan fingerprint density at radius 1 is 1.15 bits per heavy atom. The zero-order valence-electron chi connectivity index (χ0n) is 17.8. The molecule has 1 aliphatic heterocycles. The highest BCUT2D eigenvalue weighted by Crippen LogP contribution is 2.34. The van der Waals surface area contributed by atoms with E-state index in [0.29, 0.717) is 37.7 Å². The minimum absolute atomic E-state index is 0.138. The monoisotopic (exact) mass is 499 g/mol. The van der Waals surface area contributed by atoms with Crippen LogP contribution >= 0.6 is 35.0 Å². The maximum absolute atomic E-state index is 13.3. The molecule has 10 heteroatoms. The van der Waals surface area contributed by atoms with Gasteiger partial charge in [-0.2, -0.15) is 5.10 Å². The number of fused-ring (bicyclic) bond motifs is 2. The smallest absolute Gasteiger partial charge is 0.265 e. The van der Waals surface area contributed by atoms with Gasteiger partial charge in [-0.3, -0.25) is 14.2 Å². The van der Waals surface area contributed by atoms with Crippen LogP contribution < -0.4 is 10.9 Å². The molecular weight excluding hydrogens is 481 g/mol. The Balaban J connectivity index is 1.44. The van der Waals surface area contributed by atoms with Gasteiger partial charge in [-0.1, -0.05) is 41.0 Å². The maximum Gasteiger partial charge on any atom is 0.265 e. The number of amides is 1. The van der Waals surface area contributed by atoms with Crippen molar-refractivity contribution in [1.29, 1.82) is 0 Å². The SMILES string of the molecule is Cc1ccc(-n2ncc3c(=O)n4c(nc32)SCC4CC(=O)Nc2ccc(Cl)c(Cl)c2)cc1C. The van der Waals surface area contributed by atoms with Crippen molar-refractivity contribution in [3.63, 3.8) is 0 Å². The van der Waals surface area contributed by atoms with Crippen molar-refractivity contribution < 1.29 is 4.79 Å². The molecule has 1 N–H and O–H groups in total. The highest BCUT2D eigenvalue weighted by Gasteiger charge is 2.29. The fraction of sp³-hybridized carbons (Fsp3) is 0.217. The summed E-state index contributed by atoms with van der Waals surface area (Å²) >= 11 is 13.4. The highest BCUT2D eigenvalue weighted by atomic mass is 35.5. The Hall–Kier alpha value is -2.81. The van der Waals surface area contributed by atoms with Crippen molar-refractivity contribution in [3.8, 4) is 5.69 Å². The lowest BCUT2D eigenvalue weighted by atomic mass is 10.1. The molecule has 0 aliphatic carbocycles. The van der Waals surface area contributed by atoms with Crippen LogP contribution in [0.25, 0.3) is 16.7 Å². The summed E-state index contributed by atoms with van der Waals surface area (Å²) in [7, 11) is 0. The summed E-state index contributed by atoms with van der Waals surface area (Å²) in [5.74, 6) is 0.366. The molecular formula is C23H19Cl2N5O2S. The molecule has 0 saturated heterocycles. The number of aromatic nitrogens is 4. The van der Waals surface area contributed by atoms with Gasteiger partial charge in [-0.15, -0.1) is 0 Å². The number of nitrogens with one attached hydrogen (secondary N) is 1. The van der Waals surface area contributed by atoms with Crippen LogP contribution in [0.2, 0.25) is 10.0 Å². The first-order valence-electron chi connectivity index (χ1n) is 10.3. The van der Waals surface area contributed by atoms with Gasteiger partial charge in [0.05, 0.1) is 28.0 Å². The molecule has 33 heavy (non-hydrogen) atoms. The van der Waals surface area contributed by atoms with E-state index in [9.17, 15) is 9.59 Å². The molecule has 3 heterocycles. The lowest BCUT2D eigenvalue weighted by molar-refractivity contribution is -0.116. The minimum Gasteiger partial charge on any atom is -0.326 e. The lowest BCUT2D eigenvalue weighted by Crippen LogP contribution is -2.27. The van der Waals surface area contributed by atoms with Crippen LogP contribution in [0.15, 0.2) is 52.5 Å². The Kier molecular flexibility index (Phi) is 5.68. The number of nitrogens with zero attached hydrogens (tertiary/aromatic N) is 4. The van der Waals surface area contributed by atoms with Crippen LogP contribution in [-0.4, -0.2) is 31.0 Å². The lowest BCUT2D eigenvalue weighted by Gasteiger charge is -2.14. The molecule has 1 aliphatic rings. The Labute approximate surface area is 203 Å². The molecule has 1 atom stereocenters. The van der Waals surface area contributed by atoms with E-state index in [4.69, 9.17) is 28.2 Å². The molecule has 0 saturated carbocycles. The van der Waals surface area contributed by atoms with Crippen LogP contribution in [0.1, 0.15) is 23.6 Å². The summed E-state index contributed by atoms with van der Waals surface area (Å²) in [4.78, 5) is 30.7. The molecule has 5 rings (SSSR count). The van der Waals surface area contributed by atoms with E-state index in [2.05, 4.69) is 10.4 Å². The number of carbonyl (C=O) groups excluding carboxylic acids is 1. The van der Waals surface area contributed by atoms with Gasteiger partial charge in [0.2, 0.25) is 5.91 Å². The number of rotatable bonds is 4. The van der Waals surface area contributed by atoms with Gasteiger partial charge in [0.1, 0.15) is 5.39 Å². The van der Waals surface area contributed by atoms with Gasteiger partial charge < -0.3 is 5.32 Å². The van der Waals surface area contributed by atoms with Gasteiger partial charge in [-0.05, 0) is 55.3 Å². The van der Waals surface area contributed by atoms with Crippen LogP contribution in [0.4, 0.5) is 5.69 Å². The number of benzene rings is 2. The summed E-state index contributed by atoms with van der Waals surface area (Å²) < 4.78 is 3.29. The highest BCUT2D eigenvalue weighted by molar-refractivity contribution is 7.99. The minimum atomic E-state index is -0.304. The summed E-state index contributed by atoms with van der Waals surface area (Å²) in [6.45, 7) is 4.08. The second kappa shape index (κ2) is 8.52. The van der Waals surface area contributed by atoms with Crippen molar-refractivity contribution in [2.24, 2.45) is 0 Å². The number of halogens is 2. The fourth-order valence-electron chi connectivity index (χ4n) is 3.83. The quantitative estimate of drug-likeness (QED) is 0.391. The summed E-state index contributed by atoms with van der Waals surface area (Å²) in [5, 5.41) is 9.03. The molecule has 0 spiro atoms. The molecule has 1 amide bonds. The zero-order valence-corrected chi connectivity index (χ0v) is 20.1. The van der Waals surface area contributed by atoms with Crippen molar-refractivity contribution >= 4 is 57.6 Å². The number of aryl methyl sites for hydroxylation is 2. The van der Waals surface area contributed by atoms with E-state index in [1.807, 2.05) is 32.0 Å². The number of carbonyl (C=O) groups is 1. The van der Waals surface area contributed by atoms with Gasteiger partial charge in [0, 0.05) is 17.9 Å². The standard InChI is InChI=1S/C23H19Cl2N5O2S/c1-12-3-5-15(7-13(12)2)30-21-17(10-26-30)22(32)29-16(11-33-23(29)28-21)9-20(31)27-14-4-6-18(24)19(25)8-14/h3-8,10,16H,9,11H2,1-2H3,(H,27,31). The number of anilines is 1. The first kappa shape index (κ1) is 22.0. The summed E-state index contributed by atoms with van der Waals surface area (Å²) in [6, 6.07) is 10.6. The molecule has 4 aromatic rings. The molecule has 1 unspecified atom stereocenters. The number of thioether (sulfide) groups is 1. The third kappa shape index (κ3) is 4.03. The Bertz CT molecular complexity index is 1480. The molecule has 2 aromatic heterocycles. The van der Waals surface area contributed by atoms with E-state index in [1.54, 1.807) is 33.6 Å². The second-order valence-corrected chi connectivity index (χ2v) is 9.78. The predicted octanol–water partition coefficient (Wildman–Crippen LogP) is 5.18. The van der Waals surface area contributed by atoms with Gasteiger partial charge in [0.15, 0.2) is 10.8 Å². The van der Waals surface area contributed by atoms with Crippen molar-refractivity contribution in [2.75, 3.05) is 11.1 Å². The van der Waals surface area contributed by atoms with Gasteiger partial charge >= 0.3 is 0 Å². The third-order valence-electron chi connectivity index (χ3n) is 5.73. The van der Waals surface area contributed by atoms with Gasteiger partial charge in [0.25, 0.3) is 5.56 Å². The van der Waals surface area contributed by atoms with Crippen LogP contribution in [0.5, 0.6) is 0 Å². The molecule has 168 valence electrons. The predicted molar refractivity (Wildman–Crippen MR) is 132 cm³/mol. The molecule has 0 bridgehead atoms. The fourth-order valence-corrected chi connectivity index (χ4v) is 5.26. The largest absolute Gasteiger partial charge is 0.326 e. The first-order chi connectivity index (χ1) is 15.8. The van der Waals surface area contributed by atoms with Crippen LogP contribution in [0, 0.1) is 13.8 Å². The van der Waals surface area contributed by atoms with Crippen molar-refractivity contribution in [1.82, 2.24) is 19.3 Å². The van der Waals surface area contributed by atoms with E-state index < -0.39 is 0 Å². The molecule has 0 fully saturated rings. The second-order valence-electron chi connectivity index (χ2n) is 7.98. The van der Waals surface area contributed by atoms with Crippen LogP contribution in [-0.2, 0) is 4.79 Å². The average molecular weight is 500 g/mol. The zero-order chi connectivity index (χ0) is 23.3. The molecule has 7 nitrogen and oxygen atoms in total. The van der Waals surface area contributed by atoms with E-state index in [0.717, 1.165) is 11.3 Å². The number of hydrogen-bond acceptors (Lipinski definition) is 5. The van der Waals surface area contributed by atoms with Gasteiger partial charge in [-0.25, -0.2) is 9.67 Å². The summed E-state index contributed by atoms with van der Waals surface area (Å²) in [5.41, 5.74) is 4.05. The first-order valence-corrected chi connectivity index (χ1v) is 12.0. The maximum atomic E-state index is 13.3. The molecule has 0 radical (unpaired) electrons. The van der Waals surface area contributed by atoms with E-state index >= 15 is 0 Å². The number of hydrogen-bond donors (Lipinski definition) is 1. The summed E-state index contributed by atoms with van der Waals surface area (Å²) in [6.07, 6.45) is 1.68. The van der Waals surface area contributed by atoms with Crippen molar-refractivity contribution in [3.05, 3.63) is 74.1 Å². The normalized spacial score (nSPS) is 15.1. The molecule has 2 aromatic carbocycles. The van der Waals surface area contributed by atoms with E-state index in [1.165, 1.54) is 17.3 Å². The average Bonchev–Trinajstić information content (AvgIpc) is 3.38. The third-order valence-corrected chi connectivity index (χ3v) is 7.57.